The van der Waals surface area contributed by atoms with Crippen LogP contribution in [0.2, 0.25) is 0 Å². The molecule has 1 saturated carbocycles. The molecule has 1 fully saturated rings. The summed E-state index contributed by atoms with van der Waals surface area (Å²) in [5, 5.41) is 2.91. The van der Waals surface area contributed by atoms with Crippen LogP contribution >= 0.6 is 0 Å². The molecule has 2 aliphatic rings. The number of rotatable bonds is 6. The van der Waals surface area contributed by atoms with Gasteiger partial charge in [0.05, 0.1) is 17.9 Å². The van der Waals surface area contributed by atoms with Crippen LogP contribution in [0, 0.1) is 5.92 Å². The van der Waals surface area contributed by atoms with Crippen molar-refractivity contribution in [2.45, 2.75) is 45.6 Å². The highest BCUT2D eigenvalue weighted by molar-refractivity contribution is 6.14. The molecule has 1 aliphatic heterocycles. The molecule has 0 aromatic heterocycles. The molecule has 24 heavy (non-hydrogen) atoms. The Hall–Kier alpha value is -1.88. The molecule has 1 aromatic carbocycles. The van der Waals surface area contributed by atoms with Gasteiger partial charge in [-0.3, -0.25) is 19.4 Å². The van der Waals surface area contributed by atoms with Crippen molar-refractivity contribution in [3.63, 3.8) is 0 Å². The van der Waals surface area contributed by atoms with E-state index in [1.54, 1.807) is 18.7 Å². The van der Waals surface area contributed by atoms with E-state index in [9.17, 15) is 9.59 Å². The fraction of sp³-hybridized carbons (Fsp3) is 0.579. The van der Waals surface area contributed by atoms with E-state index >= 15 is 0 Å². The van der Waals surface area contributed by atoms with Gasteiger partial charge in [-0.05, 0) is 57.7 Å². The van der Waals surface area contributed by atoms with Gasteiger partial charge in [0.1, 0.15) is 5.54 Å². The summed E-state index contributed by atoms with van der Waals surface area (Å²) in [6.07, 6.45) is 3.57. The number of nitrogens with one attached hydrogen (secondary N) is 1. The summed E-state index contributed by atoms with van der Waals surface area (Å²) in [5.41, 5.74) is 0.609. The van der Waals surface area contributed by atoms with Crippen LogP contribution < -0.4 is 10.2 Å². The van der Waals surface area contributed by atoms with E-state index in [0.717, 1.165) is 31.1 Å². The van der Waals surface area contributed by atoms with E-state index in [2.05, 4.69) is 17.1 Å². The normalized spacial score (nSPS) is 19.2. The van der Waals surface area contributed by atoms with Gasteiger partial charge in [-0.1, -0.05) is 19.1 Å². The minimum atomic E-state index is -0.886. The summed E-state index contributed by atoms with van der Waals surface area (Å²) in [7, 11) is 0. The largest absolute Gasteiger partial charge is 0.322 e. The molecule has 0 radical (unpaired) electrons. The lowest BCUT2D eigenvalue weighted by atomic mass is 9.96. The van der Waals surface area contributed by atoms with E-state index in [0.29, 0.717) is 12.2 Å². The third-order valence-corrected chi connectivity index (χ3v) is 4.87. The Morgan fingerprint density at radius 2 is 2.04 bits per heavy atom. The van der Waals surface area contributed by atoms with Crippen molar-refractivity contribution in [3.05, 3.63) is 24.3 Å². The van der Waals surface area contributed by atoms with Crippen molar-refractivity contribution in [2.24, 2.45) is 5.92 Å². The number of para-hydroxylation sites is 2. The Kier molecular flexibility index (Phi) is 4.63. The van der Waals surface area contributed by atoms with Crippen molar-refractivity contribution in [1.82, 2.24) is 4.90 Å². The monoisotopic (exact) mass is 329 g/mol. The number of carbonyl (C=O) groups excluding carboxylic acids is 2. The third-order valence-electron chi connectivity index (χ3n) is 4.87. The molecule has 130 valence electrons. The number of hydrogen-bond acceptors (Lipinski definition) is 3. The Labute approximate surface area is 144 Å². The quantitative estimate of drug-likeness (QED) is 0.873. The number of amides is 2. The molecule has 3 rings (SSSR count). The third kappa shape index (κ3) is 3.31. The zero-order valence-corrected chi connectivity index (χ0v) is 14.8. The van der Waals surface area contributed by atoms with Gasteiger partial charge in [0.15, 0.2) is 0 Å². The van der Waals surface area contributed by atoms with E-state index < -0.39 is 5.54 Å². The Balaban J connectivity index is 1.84. The number of carbonyl (C=O) groups is 2. The topological polar surface area (TPSA) is 52.7 Å². The molecule has 2 amide bonds. The molecular weight excluding hydrogens is 302 g/mol. The lowest BCUT2D eigenvalue weighted by Crippen LogP contribution is -2.60. The minimum absolute atomic E-state index is 0.00333. The van der Waals surface area contributed by atoms with Gasteiger partial charge in [-0.2, -0.15) is 0 Å². The Bertz CT molecular complexity index is 637. The molecule has 5 nitrogen and oxygen atoms in total. The molecule has 1 aliphatic carbocycles. The maximum absolute atomic E-state index is 13.1. The number of anilines is 2. The lowest BCUT2D eigenvalue weighted by Gasteiger charge is -2.42. The van der Waals surface area contributed by atoms with Crippen molar-refractivity contribution in [2.75, 3.05) is 29.9 Å². The zero-order valence-electron chi connectivity index (χ0n) is 14.8. The van der Waals surface area contributed by atoms with Crippen LogP contribution in [0.4, 0.5) is 11.4 Å². The van der Waals surface area contributed by atoms with Crippen LogP contribution in [0.1, 0.15) is 40.0 Å². The van der Waals surface area contributed by atoms with Crippen molar-refractivity contribution in [1.29, 1.82) is 0 Å². The second kappa shape index (κ2) is 6.55. The van der Waals surface area contributed by atoms with Crippen molar-refractivity contribution in [3.8, 4) is 0 Å². The van der Waals surface area contributed by atoms with Gasteiger partial charge in [0.2, 0.25) is 11.8 Å². The smallest absolute Gasteiger partial charge is 0.250 e. The molecule has 0 saturated heterocycles. The molecule has 0 unspecified atom stereocenters. The molecule has 0 atom stereocenters. The van der Waals surface area contributed by atoms with Gasteiger partial charge >= 0.3 is 0 Å². The molecule has 1 N–H and O–H groups in total. The van der Waals surface area contributed by atoms with E-state index in [-0.39, 0.29) is 11.8 Å². The first-order valence-electron chi connectivity index (χ1n) is 8.89. The molecule has 1 aromatic rings. The second-order valence-corrected chi connectivity index (χ2v) is 7.44. The second-order valence-electron chi connectivity index (χ2n) is 7.44. The standard InChI is InChI=1S/C19H27N3O2/c1-4-11-21(12-14-9-10-14)13-17(23)22-16-8-6-5-7-15(16)20-18(24)19(22,2)3/h5-8,14H,4,9-13H2,1-3H3,(H,20,24). The fourth-order valence-electron chi connectivity index (χ4n) is 3.38. The van der Waals surface area contributed by atoms with Crippen LogP contribution in [-0.4, -0.2) is 41.9 Å². The highest BCUT2D eigenvalue weighted by atomic mass is 16.2. The summed E-state index contributed by atoms with van der Waals surface area (Å²) in [6, 6.07) is 7.52. The highest BCUT2D eigenvalue weighted by Crippen LogP contribution is 2.37. The maximum atomic E-state index is 13.1. The summed E-state index contributed by atoms with van der Waals surface area (Å²) in [4.78, 5) is 29.5. The van der Waals surface area contributed by atoms with E-state index in [4.69, 9.17) is 0 Å². The summed E-state index contributed by atoms with van der Waals surface area (Å²) < 4.78 is 0. The fourth-order valence-corrected chi connectivity index (χ4v) is 3.38. The minimum Gasteiger partial charge on any atom is -0.322 e. The van der Waals surface area contributed by atoms with Gasteiger partial charge in [-0.25, -0.2) is 0 Å². The average molecular weight is 329 g/mol. The number of benzene rings is 1. The van der Waals surface area contributed by atoms with E-state index in [1.165, 1.54) is 12.8 Å². The number of nitrogens with zero attached hydrogens (tertiary/aromatic N) is 2. The van der Waals surface area contributed by atoms with Gasteiger partial charge in [-0.15, -0.1) is 0 Å². The SMILES string of the molecule is CCCN(CC(=O)N1c2ccccc2NC(=O)C1(C)C)CC1CC1. The summed E-state index contributed by atoms with van der Waals surface area (Å²) in [6.45, 7) is 8.03. The number of fused-ring (bicyclic) bond motifs is 1. The highest BCUT2D eigenvalue weighted by Gasteiger charge is 2.43. The molecule has 0 spiro atoms. The van der Waals surface area contributed by atoms with Crippen LogP contribution in [0.5, 0.6) is 0 Å². The first-order valence-corrected chi connectivity index (χ1v) is 8.89. The number of hydrogen-bond donors (Lipinski definition) is 1. The molecule has 1 heterocycles. The first-order chi connectivity index (χ1) is 11.4. The first kappa shape index (κ1) is 17.0. The van der Waals surface area contributed by atoms with Crippen LogP contribution in [-0.2, 0) is 9.59 Å². The Morgan fingerprint density at radius 1 is 1.33 bits per heavy atom. The molecular formula is C19H27N3O2. The maximum Gasteiger partial charge on any atom is 0.250 e. The van der Waals surface area contributed by atoms with Gasteiger partial charge < -0.3 is 5.32 Å². The van der Waals surface area contributed by atoms with Crippen LogP contribution in [0.3, 0.4) is 0 Å². The van der Waals surface area contributed by atoms with E-state index in [1.807, 2.05) is 24.3 Å². The molecule has 5 heteroatoms. The van der Waals surface area contributed by atoms with Gasteiger partial charge in [0, 0.05) is 6.54 Å². The van der Waals surface area contributed by atoms with Crippen LogP contribution in [0.15, 0.2) is 24.3 Å². The predicted molar refractivity (Wildman–Crippen MR) is 96.1 cm³/mol. The summed E-state index contributed by atoms with van der Waals surface area (Å²) in [5.74, 6) is 0.601. The zero-order chi connectivity index (χ0) is 17.3. The Morgan fingerprint density at radius 3 is 2.71 bits per heavy atom. The predicted octanol–water partition coefficient (Wildman–Crippen LogP) is 2.87. The van der Waals surface area contributed by atoms with Gasteiger partial charge in [0.25, 0.3) is 0 Å². The van der Waals surface area contributed by atoms with Crippen molar-refractivity contribution >= 4 is 23.2 Å². The average Bonchev–Trinajstić information content (AvgIpc) is 3.32. The lowest BCUT2D eigenvalue weighted by molar-refractivity contribution is -0.127. The summed E-state index contributed by atoms with van der Waals surface area (Å²) >= 11 is 0. The van der Waals surface area contributed by atoms with Crippen molar-refractivity contribution < 1.29 is 9.59 Å². The molecule has 0 bridgehead atoms. The van der Waals surface area contributed by atoms with Crippen LogP contribution in [0.25, 0.3) is 0 Å².